The molecule has 0 fully saturated rings. The van der Waals surface area contributed by atoms with Gasteiger partial charge in [-0.1, -0.05) is 18.2 Å². The first-order valence-corrected chi connectivity index (χ1v) is 9.32. The van der Waals surface area contributed by atoms with Crippen LogP contribution in [0.3, 0.4) is 0 Å². The number of esters is 1. The standard InChI is InChI=1S/C21H28N2O4/c1-14(24)26-12-11-17(20(25)22(3)4)21(2)19-16(10-13-27-21)15-8-6-7-9-18(15)23(19)5/h6-9,17H,10-13H2,1-5H3. The summed E-state index contributed by atoms with van der Waals surface area (Å²) in [6, 6.07) is 8.28. The van der Waals surface area contributed by atoms with E-state index in [0.717, 1.165) is 17.6 Å². The van der Waals surface area contributed by atoms with Crippen molar-refractivity contribution in [2.75, 3.05) is 27.3 Å². The van der Waals surface area contributed by atoms with E-state index >= 15 is 0 Å². The van der Waals surface area contributed by atoms with Crippen LogP contribution >= 0.6 is 0 Å². The maximum absolute atomic E-state index is 13.1. The van der Waals surface area contributed by atoms with Crippen molar-refractivity contribution >= 4 is 22.8 Å². The number of aryl methyl sites for hydroxylation is 1. The van der Waals surface area contributed by atoms with Gasteiger partial charge in [-0.25, -0.2) is 0 Å². The lowest BCUT2D eigenvalue weighted by Gasteiger charge is -2.41. The second-order valence-electron chi connectivity index (χ2n) is 7.52. The Balaban J connectivity index is 2.10. The number of carbonyl (C=O) groups is 2. The van der Waals surface area contributed by atoms with Crippen molar-refractivity contribution < 1.29 is 19.1 Å². The first kappa shape index (κ1) is 19.4. The zero-order valence-electron chi connectivity index (χ0n) is 16.7. The van der Waals surface area contributed by atoms with Crippen molar-refractivity contribution in [3.05, 3.63) is 35.5 Å². The van der Waals surface area contributed by atoms with Crippen molar-refractivity contribution in [2.24, 2.45) is 13.0 Å². The highest BCUT2D eigenvalue weighted by Gasteiger charge is 2.47. The van der Waals surface area contributed by atoms with E-state index in [4.69, 9.17) is 9.47 Å². The molecule has 27 heavy (non-hydrogen) atoms. The van der Waals surface area contributed by atoms with Gasteiger partial charge in [0.1, 0.15) is 5.60 Å². The van der Waals surface area contributed by atoms with Gasteiger partial charge in [0.05, 0.1) is 24.8 Å². The van der Waals surface area contributed by atoms with Crippen LogP contribution in [0, 0.1) is 5.92 Å². The summed E-state index contributed by atoms with van der Waals surface area (Å²) in [4.78, 5) is 25.8. The quantitative estimate of drug-likeness (QED) is 0.757. The van der Waals surface area contributed by atoms with Gasteiger partial charge in [0.25, 0.3) is 0 Å². The minimum absolute atomic E-state index is 0.0252. The van der Waals surface area contributed by atoms with Crippen LogP contribution in [0.1, 0.15) is 31.5 Å². The Morgan fingerprint density at radius 3 is 2.70 bits per heavy atom. The van der Waals surface area contributed by atoms with Gasteiger partial charge < -0.3 is 18.9 Å². The Labute approximate surface area is 160 Å². The van der Waals surface area contributed by atoms with E-state index in [1.807, 2.05) is 26.1 Å². The first-order valence-electron chi connectivity index (χ1n) is 9.32. The number of hydrogen-bond donors (Lipinski definition) is 0. The number of carbonyl (C=O) groups excluding carboxylic acids is 2. The van der Waals surface area contributed by atoms with Crippen LogP contribution in [0.5, 0.6) is 0 Å². The first-order chi connectivity index (χ1) is 12.8. The Kier molecular flexibility index (Phi) is 5.29. The van der Waals surface area contributed by atoms with E-state index in [1.165, 1.54) is 17.9 Å². The van der Waals surface area contributed by atoms with Gasteiger partial charge >= 0.3 is 5.97 Å². The lowest BCUT2D eigenvalue weighted by atomic mass is 9.79. The minimum atomic E-state index is -0.789. The molecule has 0 saturated carbocycles. The van der Waals surface area contributed by atoms with Gasteiger partial charge in [0, 0.05) is 39.0 Å². The fourth-order valence-corrected chi connectivity index (χ4v) is 4.32. The fourth-order valence-electron chi connectivity index (χ4n) is 4.32. The molecule has 2 heterocycles. The van der Waals surface area contributed by atoms with Crippen LogP contribution in [-0.2, 0) is 38.1 Å². The second kappa shape index (κ2) is 7.35. The summed E-state index contributed by atoms with van der Waals surface area (Å²) >= 11 is 0. The molecule has 0 bridgehead atoms. The fraction of sp³-hybridized carbons (Fsp3) is 0.524. The predicted molar refractivity (Wildman–Crippen MR) is 103 cm³/mol. The smallest absolute Gasteiger partial charge is 0.302 e. The second-order valence-corrected chi connectivity index (χ2v) is 7.52. The largest absolute Gasteiger partial charge is 0.466 e. The lowest BCUT2D eigenvalue weighted by molar-refractivity contribution is -0.157. The highest BCUT2D eigenvalue weighted by atomic mass is 16.5. The molecule has 0 aliphatic carbocycles. The predicted octanol–water partition coefficient (Wildman–Crippen LogP) is 2.62. The summed E-state index contributed by atoms with van der Waals surface area (Å²) in [5, 5.41) is 1.21. The molecule has 0 radical (unpaired) electrons. The summed E-state index contributed by atoms with van der Waals surface area (Å²) in [7, 11) is 5.52. The number of hydrogen-bond acceptors (Lipinski definition) is 4. The SMILES string of the molecule is CC(=O)OCCC(C(=O)N(C)C)C1(C)OCCc2c1n(C)c1ccccc21. The third kappa shape index (κ3) is 3.34. The molecule has 3 rings (SSSR count). The lowest BCUT2D eigenvalue weighted by Crippen LogP contribution is -2.48. The number of rotatable bonds is 5. The van der Waals surface area contributed by atoms with Crippen LogP contribution in [-0.4, -0.2) is 48.7 Å². The third-order valence-electron chi connectivity index (χ3n) is 5.55. The molecule has 2 atom stereocenters. The van der Waals surface area contributed by atoms with Crippen molar-refractivity contribution in [3.63, 3.8) is 0 Å². The van der Waals surface area contributed by atoms with E-state index in [-0.39, 0.29) is 18.5 Å². The molecule has 146 valence electrons. The van der Waals surface area contributed by atoms with Gasteiger partial charge in [-0.15, -0.1) is 0 Å². The zero-order valence-corrected chi connectivity index (χ0v) is 16.7. The number of benzene rings is 1. The average Bonchev–Trinajstić information content (AvgIpc) is 2.92. The number of nitrogens with zero attached hydrogens (tertiary/aromatic N) is 2. The van der Waals surface area contributed by atoms with Crippen LogP contribution in [0.2, 0.25) is 0 Å². The number of fused-ring (bicyclic) bond motifs is 3. The van der Waals surface area contributed by atoms with Crippen LogP contribution in [0.25, 0.3) is 10.9 Å². The average molecular weight is 372 g/mol. The maximum Gasteiger partial charge on any atom is 0.302 e. The van der Waals surface area contributed by atoms with Crippen molar-refractivity contribution in [3.8, 4) is 0 Å². The van der Waals surface area contributed by atoms with E-state index in [1.54, 1.807) is 19.0 Å². The van der Waals surface area contributed by atoms with Crippen molar-refractivity contribution in [1.82, 2.24) is 9.47 Å². The molecule has 1 aliphatic rings. The van der Waals surface area contributed by atoms with Crippen molar-refractivity contribution in [1.29, 1.82) is 0 Å². The summed E-state index contributed by atoms with van der Waals surface area (Å²) in [6.07, 6.45) is 1.23. The van der Waals surface area contributed by atoms with Crippen LogP contribution < -0.4 is 0 Å². The Morgan fingerprint density at radius 2 is 2.04 bits per heavy atom. The monoisotopic (exact) mass is 372 g/mol. The number of amides is 1. The van der Waals surface area contributed by atoms with Gasteiger partial charge in [-0.2, -0.15) is 0 Å². The van der Waals surface area contributed by atoms with E-state index in [9.17, 15) is 9.59 Å². The van der Waals surface area contributed by atoms with Gasteiger partial charge in [0.2, 0.25) is 5.91 Å². The molecule has 6 nitrogen and oxygen atoms in total. The molecule has 2 aromatic rings. The molecule has 0 N–H and O–H groups in total. The minimum Gasteiger partial charge on any atom is -0.466 e. The van der Waals surface area contributed by atoms with Crippen LogP contribution in [0.4, 0.5) is 0 Å². The van der Waals surface area contributed by atoms with Crippen LogP contribution in [0.15, 0.2) is 24.3 Å². The number of ether oxygens (including phenoxy) is 2. The van der Waals surface area contributed by atoms with Gasteiger partial charge in [-0.3, -0.25) is 9.59 Å². The molecule has 1 aromatic carbocycles. The molecule has 0 spiro atoms. The number of para-hydroxylation sites is 1. The summed E-state index contributed by atoms with van der Waals surface area (Å²) in [5.41, 5.74) is 2.63. The van der Waals surface area contributed by atoms with E-state index in [2.05, 4.69) is 16.7 Å². The topological polar surface area (TPSA) is 60.8 Å². The molecule has 1 aromatic heterocycles. The summed E-state index contributed by atoms with van der Waals surface area (Å²) in [5.74, 6) is -0.817. The summed E-state index contributed by atoms with van der Waals surface area (Å²) in [6.45, 7) is 4.12. The molecule has 0 saturated heterocycles. The third-order valence-corrected chi connectivity index (χ3v) is 5.55. The highest BCUT2D eigenvalue weighted by Crippen LogP contribution is 2.44. The Morgan fingerprint density at radius 1 is 1.33 bits per heavy atom. The molecule has 2 unspecified atom stereocenters. The van der Waals surface area contributed by atoms with Crippen molar-refractivity contribution in [2.45, 2.75) is 32.3 Å². The molecule has 1 amide bonds. The molecule has 6 heteroatoms. The Bertz CT molecular complexity index is 870. The normalized spacial score (nSPS) is 20.2. The van der Waals surface area contributed by atoms with Gasteiger partial charge in [0.15, 0.2) is 0 Å². The number of aromatic nitrogens is 1. The van der Waals surface area contributed by atoms with E-state index < -0.39 is 11.5 Å². The summed E-state index contributed by atoms with van der Waals surface area (Å²) < 4.78 is 13.6. The maximum atomic E-state index is 13.1. The molecular weight excluding hydrogens is 344 g/mol. The molecular formula is C21H28N2O4. The van der Waals surface area contributed by atoms with Gasteiger partial charge in [-0.05, 0) is 31.4 Å². The highest BCUT2D eigenvalue weighted by molar-refractivity contribution is 5.87. The molecule has 1 aliphatic heterocycles. The Hall–Kier alpha value is -2.34. The zero-order chi connectivity index (χ0) is 19.8. The van der Waals surface area contributed by atoms with E-state index in [0.29, 0.717) is 13.0 Å².